The number of likely N-dealkylation sites (N-methyl/N-ethyl adjacent to an activating group) is 1. The Morgan fingerprint density at radius 2 is 1.78 bits per heavy atom. The molecule has 0 spiro atoms. The first-order valence-electron chi connectivity index (χ1n) is 12.1. The van der Waals surface area contributed by atoms with Crippen LogP contribution in [0.15, 0.2) is 42.5 Å². The van der Waals surface area contributed by atoms with Crippen LogP contribution in [0.4, 0.5) is 23.2 Å². The Labute approximate surface area is 211 Å². The molecule has 1 aliphatic carbocycles. The fourth-order valence-corrected chi connectivity index (χ4v) is 6.04. The molecular formula is C25H27ClF4N6. The van der Waals surface area contributed by atoms with Crippen LogP contribution >= 0.6 is 11.6 Å². The molecule has 1 aromatic heterocycles. The molecule has 36 heavy (non-hydrogen) atoms. The lowest BCUT2D eigenvalue weighted by molar-refractivity contribution is -0.146. The van der Waals surface area contributed by atoms with E-state index in [0.29, 0.717) is 21.3 Å². The number of alkyl halides is 3. The summed E-state index contributed by atoms with van der Waals surface area (Å²) in [6, 6.07) is 11.3. The molecule has 0 unspecified atom stereocenters. The molecule has 11 heteroatoms. The highest BCUT2D eigenvalue weighted by molar-refractivity contribution is 6.33. The summed E-state index contributed by atoms with van der Waals surface area (Å²) >= 11 is 6.57. The van der Waals surface area contributed by atoms with E-state index in [2.05, 4.69) is 20.4 Å². The molecule has 2 aliphatic rings. The van der Waals surface area contributed by atoms with E-state index >= 15 is 0 Å². The Balaban J connectivity index is 1.48. The quantitative estimate of drug-likeness (QED) is 0.396. The molecule has 2 aromatic carbocycles. The van der Waals surface area contributed by atoms with Crippen molar-refractivity contribution in [1.82, 2.24) is 25.1 Å². The second-order valence-electron chi connectivity index (χ2n) is 9.65. The predicted molar refractivity (Wildman–Crippen MR) is 129 cm³/mol. The van der Waals surface area contributed by atoms with E-state index in [1.54, 1.807) is 12.1 Å². The molecule has 0 amide bonds. The van der Waals surface area contributed by atoms with Gasteiger partial charge in [0.2, 0.25) is 0 Å². The Kier molecular flexibility index (Phi) is 6.91. The predicted octanol–water partition coefficient (Wildman–Crippen LogP) is 5.57. The summed E-state index contributed by atoms with van der Waals surface area (Å²) in [5.41, 5.74) is 1.82. The van der Waals surface area contributed by atoms with Crippen molar-refractivity contribution in [2.45, 2.75) is 43.8 Å². The van der Waals surface area contributed by atoms with Gasteiger partial charge in [-0.2, -0.15) is 17.9 Å². The van der Waals surface area contributed by atoms with E-state index in [-0.39, 0.29) is 23.5 Å². The fourth-order valence-electron chi connectivity index (χ4n) is 5.79. The van der Waals surface area contributed by atoms with E-state index in [9.17, 15) is 17.6 Å². The number of hydrogen-bond acceptors (Lipinski definition) is 5. The zero-order chi connectivity index (χ0) is 25.4. The lowest BCUT2D eigenvalue weighted by Gasteiger charge is -2.35. The minimum Gasteiger partial charge on any atom is -0.370 e. The summed E-state index contributed by atoms with van der Waals surface area (Å²) in [7, 11) is 1.91. The molecule has 0 radical (unpaired) electrons. The minimum atomic E-state index is -4.70. The van der Waals surface area contributed by atoms with Gasteiger partial charge in [0, 0.05) is 25.6 Å². The van der Waals surface area contributed by atoms with E-state index in [0.717, 1.165) is 38.0 Å². The summed E-state index contributed by atoms with van der Waals surface area (Å²) in [6.45, 7) is 3.16. The Bertz CT molecular complexity index is 1190. The zero-order valence-corrected chi connectivity index (χ0v) is 20.6. The third-order valence-electron chi connectivity index (χ3n) is 7.48. The summed E-state index contributed by atoms with van der Waals surface area (Å²) < 4.78 is 54.6. The first kappa shape index (κ1) is 25.0. The van der Waals surface area contributed by atoms with Crippen LogP contribution in [0, 0.1) is 11.7 Å². The largest absolute Gasteiger partial charge is 0.453 e. The van der Waals surface area contributed by atoms with Crippen molar-refractivity contribution in [2.24, 2.45) is 5.92 Å². The van der Waals surface area contributed by atoms with Crippen LogP contribution in [0.25, 0.3) is 5.69 Å². The molecule has 192 valence electrons. The highest BCUT2D eigenvalue weighted by atomic mass is 35.5. The highest BCUT2D eigenvalue weighted by Crippen LogP contribution is 2.45. The van der Waals surface area contributed by atoms with Gasteiger partial charge in [-0.05, 0) is 91.0 Å². The zero-order valence-electron chi connectivity index (χ0n) is 19.8. The summed E-state index contributed by atoms with van der Waals surface area (Å²) in [5.74, 6) is -0.987. The molecule has 3 aromatic rings. The Hall–Kier alpha value is -2.72. The molecule has 3 atom stereocenters. The number of aromatic nitrogens is 4. The average molecular weight is 523 g/mol. The summed E-state index contributed by atoms with van der Waals surface area (Å²) in [6.07, 6.45) is -0.406. The summed E-state index contributed by atoms with van der Waals surface area (Å²) in [4.78, 5) is 4.54. The highest BCUT2D eigenvalue weighted by Gasteiger charge is 2.41. The monoisotopic (exact) mass is 522 g/mol. The lowest BCUT2D eigenvalue weighted by atomic mass is 9.85. The molecule has 0 bridgehead atoms. The number of likely N-dealkylation sites (tertiary alicyclic amines) is 1. The maximum absolute atomic E-state index is 13.7. The average Bonchev–Trinajstić information content (AvgIpc) is 3.61. The van der Waals surface area contributed by atoms with Crippen LogP contribution < -0.4 is 4.90 Å². The third kappa shape index (κ3) is 4.93. The molecule has 2 heterocycles. The SMILES string of the molecule is CN(c1cc(-n2nnnc2C(F)(F)F)ccc1Cl)[C@H]1CC[C@H](CN2CCCC2)[C@H]1c1ccc(F)cc1. The minimum absolute atomic E-state index is 0.0340. The van der Waals surface area contributed by atoms with Crippen molar-refractivity contribution in [1.29, 1.82) is 0 Å². The van der Waals surface area contributed by atoms with Crippen molar-refractivity contribution >= 4 is 17.3 Å². The summed E-state index contributed by atoms with van der Waals surface area (Å²) in [5, 5.41) is 10.3. The first-order valence-corrected chi connectivity index (χ1v) is 12.5. The van der Waals surface area contributed by atoms with Gasteiger partial charge < -0.3 is 9.80 Å². The van der Waals surface area contributed by atoms with Crippen LogP contribution in [-0.4, -0.2) is 57.8 Å². The number of rotatable bonds is 6. The molecule has 5 rings (SSSR count). The molecule has 1 aliphatic heterocycles. The standard InChI is InChI=1S/C25H27ClF4N6/c1-34(22-14-19(9-10-20(22)26)36-24(25(28,29)30)31-32-33-36)21-11-6-17(15-35-12-2-3-13-35)23(21)16-4-7-18(27)8-5-16/h4-5,7-10,14,17,21,23H,2-3,6,11-13,15H2,1H3/t17-,21+,23-/m1/s1. The molecule has 2 fully saturated rings. The van der Waals surface area contributed by atoms with E-state index in [1.807, 2.05) is 24.1 Å². The second-order valence-corrected chi connectivity index (χ2v) is 10.1. The Morgan fingerprint density at radius 1 is 1.06 bits per heavy atom. The maximum atomic E-state index is 13.7. The number of halogens is 5. The van der Waals surface area contributed by atoms with Gasteiger partial charge in [0.15, 0.2) is 0 Å². The van der Waals surface area contributed by atoms with Gasteiger partial charge in [0.1, 0.15) is 5.82 Å². The van der Waals surface area contributed by atoms with Crippen molar-refractivity contribution in [3.8, 4) is 5.69 Å². The van der Waals surface area contributed by atoms with Gasteiger partial charge in [-0.15, -0.1) is 5.10 Å². The third-order valence-corrected chi connectivity index (χ3v) is 7.80. The van der Waals surface area contributed by atoms with Gasteiger partial charge in [-0.25, -0.2) is 4.39 Å². The second kappa shape index (κ2) is 9.97. The van der Waals surface area contributed by atoms with Gasteiger partial charge in [-0.1, -0.05) is 23.7 Å². The van der Waals surface area contributed by atoms with Crippen molar-refractivity contribution in [3.05, 3.63) is 64.7 Å². The van der Waals surface area contributed by atoms with Crippen LogP contribution in [0.2, 0.25) is 5.02 Å². The molecule has 0 N–H and O–H groups in total. The number of tetrazole rings is 1. The molecule has 1 saturated carbocycles. The van der Waals surface area contributed by atoms with Crippen molar-refractivity contribution in [2.75, 3.05) is 31.6 Å². The van der Waals surface area contributed by atoms with Crippen LogP contribution in [-0.2, 0) is 6.18 Å². The maximum Gasteiger partial charge on any atom is 0.453 e. The van der Waals surface area contributed by atoms with Crippen molar-refractivity contribution < 1.29 is 17.6 Å². The van der Waals surface area contributed by atoms with Crippen LogP contribution in [0.1, 0.15) is 43.0 Å². The number of nitrogens with zero attached hydrogens (tertiary/aromatic N) is 6. The normalized spacial score (nSPS) is 22.9. The Morgan fingerprint density at radius 3 is 2.47 bits per heavy atom. The molecule has 1 saturated heterocycles. The topological polar surface area (TPSA) is 50.1 Å². The van der Waals surface area contributed by atoms with E-state index < -0.39 is 12.0 Å². The first-order chi connectivity index (χ1) is 17.2. The number of anilines is 1. The van der Waals surface area contributed by atoms with Gasteiger partial charge in [0.05, 0.1) is 16.4 Å². The smallest absolute Gasteiger partial charge is 0.370 e. The van der Waals surface area contributed by atoms with Crippen molar-refractivity contribution in [3.63, 3.8) is 0 Å². The molecular weight excluding hydrogens is 496 g/mol. The molecule has 6 nitrogen and oxygen atoms in total. The fraction of sp³-hybridized carbons (Fsp3) is 0.480. The van der Waals surface area contributed by atoms with Gasteiger partial charge in [0.25, 0.3) is 5.82 Å². The van der Waals surface area contributed by atoms with Gasteiger partial charge >= 0.3 is 6.18 Å². The number of hydrogen-bond donors (Lipinski definition) is 0. The number of benzene rings is 2. The van der Waals surface area contributed by atoms with E-state index in [4.69, 9.17) is 11.6 Å². The van der Waals surface area contributed by atoms with Gasteiger partial charge in [-0.3, -0.25) is 0 Å². The van der Waals surface area contributed by atoms with Crippen LogP contribution in [0.5, 0.6) is 0 Å². The van der Waals surface area contributed by atoms with Crippen LogP contribution in [0.3, 0.4) is 0 Å². The van der Waals surface area contributed by atoms with E-state index in [1.165, 1.54) is 31.0 Å². The lowest BCUT2D eigenvalue weighted by Crippen LogP contribution is -2.37.